The Morgan fingerprint density at radius 2 is 1.70 bits per heavy atom. The van der Waals surface area contributed by atoms with E-state index in [0.717, 1.165) is 12.8 Å². The minimum absolute atomic E-state index is 0.129. The van der Waals surface area contributed by atoms with Crippen LogP contribution < -0.4 is 10.6 Å². The van der Waals surface area contributed by atoms with Crippen LogP contribution in [0.1, 0.15) is 32.1 Å². The molecule has 198 valence electrons. The van der Waals surface area contributed by atoms with Crippen molar-refractivity contribution in [3.8, 4) is 0 Å². The molecule has 2 heterocycles. The number of ether oxygens (including phenoxy) is 1. The summed E-state index contributed by atoms with van der Waals surface area (Å²) in [5.41, 5.74) is -0.137. The van der Waals surface area contributed by atoms with Gasteiger partial charge in [-0.15, -0.1) is 23.4 Å². The minimum Gasteiger partial charge on any atom is -0.356 e. The number of nitrogens with zero attached hydrogens (tertiary/aromatic N) is 1. The summed E-state index contributed by atoms with van der Waals surface area (Å²) in [6.07, 6.45) is -2.50. The van der Waals surface area contributed by atoms with E-state index in [1.165, 1.54) is 0 Å². The molecule has 1 spiro atoms. The third-order valence-corrected chi connectivity index (χ3v) is 7.80. The molecule has 3 rings (SSSR count). The fourth-order valence-electron chi connectivity index (χ4n) is 6.21. The van der Waals surface area contributed by atoms with Gasteiger partial charge < -0.3 is 15.5 Å². The number of rotatable bonds is 10. The van der Waals surface area contributed by atoms with Gasteiger partial charge in [0.2, 0.25) is 17.7 Å². The molecule has 3 fully saturated rings. The number of carbonyl (C=O) groups excluding carboxylic acids is 4. The zero-order valence-corrected chi connectivity index (χ0v) is 22.6. The topological polar surface area (TPSA) is 105 Å². The molecule has 2 aliphatic heterocycles. The lowest BCUT2D eigenvalue weighted by molar-refractivity contribution is -0.321. The number of hydrogen-bond donors (Lipinski definition) is 2. The molecule has 2 N–H and O–H groups in total. The molecule has 17 heteroatoms. The highest BCUT2D eigenvalue weighted by Crippen LogP contribution is 2.56. The van der Waals surface area contributed by atoms with Crippen molar-refractivity contribution in [2.75, 3.05) is 19.7 Å². The normalized spacial score (nSPS) is 24.2. The van der Waals surface area contributed by atoms with Crippen molar-refractivity contribution < 1.29 is 37.1 Å². The Morgan fingerprint density at radius 1 is 1.11 bits per heavy atom. The maximum atomic E-state index is 13.9. The lowest BCUT2D eigenvalue weighted by atomic mass is 9.25. The summed E-state index contributed by atoms with van der Waals surface area (Å²) in [6, 6.07) is -2.17. The third-order valence-electron chi connectivity index (χ3n) is 7.80. The van der Waals surface area contributed by atoms with Gasteiger partial charge in [0, 0.05) is 24.9 Å². The summed E-state index contributed by atoms with van der Waals surface area (Å²) in [4.78, 5) is 53.9. The van der Waals surface area contributed by atoms with Crippen molar-refractivity contribution in [3.05, 3.63) is 0 Å². The fraction of sp³-hybridized carbons (Fsp3) is 0.800. The van der Waals surface area contributed by atoms with Crippen LogP contribution >= 0.6 is 0 Å². The minimum atomic E-state index is -5.00. The molecule has 0 aromatic carbocycles. The lowest BCUT2D eigenvalue weighted by Crippen LogP contribution is -2.55. The van der Waals surface area contributed by atoms with E-state index in [0.29, 0.717) is 25.9 Å². The summed E-state index contributed by atoms with van der Waals surface area (Å²) < 4.78 is 41.5. The van der Waals surface area contributed by atoms with Crippen molar-refractivity contribution >= 4 is 70.6 Å². The van der Waals surface area contributed by atoms with Crippen molar-refractivity contribution in [2.24, 2.45) is 17.3 Å². The van der Waals surface area contributed by atoms with Crippen LogP contribution in [0.5, 0.6) is 0 Å². The van der Waals surface area contributed by atoms with Gasteiger partial charge in [-0.3, -0.25) is 23.9 Å². The Labute approximate surface area is 221 Å². The van der Waals surface area contributed by atoms with Crippen molar-refractivity contribution in [1.82, 2.24) is 15.5 Å². The monoisotopic (exact) mass is 519 g/mol. The second-order valence-electron chi connectivity index (χ2n) is 13.1. The number of alkyl halides is 3. The Balaban J connectivity index is 1.82. The molecule has 3 atom stereocenters. The van der Waals surface area contributed by atoms with E-state index in [4.69, 9.17) is 0 Å². The highest BCUT2D eigenvalue weighted by molar-refractivity contribution is 6.65. The number of Topliss-reactive ketones (excluding diaryl/α,β-unsaturated/α-hetero) is 1. The molecule has 2 saturated heterocycles. The van der Waals surface area contributed by atoms with E-state index < -0.39 is 42.7 Å². The van der Waals surface area contributed by atoms with Gasteiger partial charge in [-0.25, -0.2) is 0 Å². The van der Waals surface area contributed by atoms with E-state index in [1.54, 1.807) is 4.90 Å². The highest BCUT2D eigenvalue weighted by atomic mass is 19.4. The van der Waals surface area contributed by atoms with Crippen LogP contribution in [0.15, 0.2) is 0 Å². The van der Waals surface area contributed by atoms with Crippen LogP contribution in [0.25, 0.3) is 0 Å². The van der Waals surface area contributed by atoms with Crippen LogP contribution in [-0.2, 0) is 23.9 Å². The Hall–Kier alpha value is -1.78. The van der Waals surface area contributed by atoms with Gasteiger partial charge >= 0.3 is 6.36 Å². The number of amides is 3. The first kappa shape index (κ1) is 29.8. The zero-order valence-electron chi connectivity index (χ0n) is 22.6. The van der Waals surface area contributed by atoms with E-state index in [9.17, 15) is 32.3 Å². The first-order chi connectivity index (χ1) is 16.8. The molecule has 3 amide bonds. The maximum absolute atomic E-state index is 13.9. The smallest absolute Gasteiger partial charge is 0.356 e. The third kappa shape index (κ3) is 7.41. The molecule has 0 aromatic heterocycles. The molecular weight excluding hydrogens is 484 g/mol. The van der Waals surface area contributed by atoms with Gasteiger partial charge in [0.25, 0.3) is 0 Å². The molecule has 0 radical (unpaired) electrons. The van der Waals surface area contributed by atoms with Gasteiger partial charge in [0.15, 0.2) is 5.78 Å². The molecule has 0 unspecified atom stereocenters. The molecule has 3 aliphatic rings. The predicted molar refractivity (Wildman–Crippen MR) is 147 cm³/mol. The Kier molecular flexibility index (Phi) is 8.38. The Morgan fingerprint density at radius 3 is 2.16 bits per heavy atom. The van der Waals surface area contributed by atoms with E-state index >= 15 is 0 Å². The van der Waals surface area contributed by atoms with Crippen LogP contribution in [0, 0.1) is 17.3 Å². The number of ketones is 1. The molecule has 37 heavy (non-hydrogen) atoms. The lowest BCUT2D eigenvalue weighted by Gasteiger charge is -2.43. The summed E-state index contributed by atoms with van der Waals surface area (Å²) in [5, 5.41) is 4.48. The zero-order chi connectivity index (χ0) is 28.0. The average Bonchev–Trinajstić information content (AvgIpc) is 3.18. The standard InChI is InChI=1S/C20H34B6F3N3O5/c21-18(22,23)13(19(24,25)26)16(36)32-8-17(2-3-17)6-11(32)15(35)31-10(5-9-1-4-30-14(9)34)12(33)7-37-20(27,28)29/h9-11,13H,1-8,21-26H2,(H,30,34)(H,31,35)/t9-,10-,11-/m0/s1. The largest absolute Gasteiger partial charge is 0.522 e. The molecule has 1 saturated carbocycles. The van der Waals surface area contributed by atoms with Crippen LogP contribution in [0.2, 0.25) is 10.2 Å². The summed E-state index contributed by atoms with van der Waals surface area (Å²) in [5.74, 6) is -2.99. The average molecular weight is 518 g/mol. The number of hydrogen-bond acceptors (Lipinski definition) is 5. The van der Waals surface area contributed by atoms with Crippen LogP contribution in [0.3, 0.4) is 0 Å². The SMILES string of the molecule is BC(B)(B)C(C(=O)N1CC2(CC2)C[C@H]1C(=O)N[C@@H](C[C@@H]1CCNC1=O)C(=O)COC(F)(F)F)C(B)(B)B. The number of carbonyl (C=O) groups is 4. The summed E-state index contributed by atoms with van der Waals surface area (Å²) in [6.45, 7) is -0.435. The number of halogens is 3. The van der Waals surface area contributed by atoms with Gasteiger partial charge in [-0.2, -0.15) is 0 Å². The predicted octanol–water partition coefficient (Wildman–Crippen LogP) is -4.95. The molecule has 1 aliphatic carbocycles. The summed E-state index contributed by atoms with van der Waals surface area (Å²) in [7, 11) is 11.9. The molecule has 8 nitrogen and oxygen atoms in total. The number of likely N-dealkylation sites (tertiary alicyclic amines) is 1. The number of nitrogens with one attached hydrogen (secondary N) is 2. The first-order valence-corrected chi connectivity index (χ1v) is 12.9. The van der Waals surface area contributed by atoms with E-state index in [-0.39, 0.29) is 39.8 Å². The van der Waals surface area contributed by atoms with Gasteiger partial charge in [0.1, 0.15) is 12.6 Å². The van der Waals surface area contributed by atoms with Gasteiger partial charge in [-0.1, -0.05) is 0 Å². The molecular formula is C20H34B6F3N3O5. The van der Waals surface area contributed by atoms with Gasteiger partial charge in [-0.05, 0) is 37.5 Å². The van der Waals surface area contributed by atoms with Crippen molar-refractivity contribution in [1.29, 1.82) is 0 Å². The second-order valence-corrected chi connectivity index (χ2v) is 13.1. The Bertz CT molecular complexity index is 924. The molecule has 0 aromatic rings. The highest BCUT2D eigenvalue weighted by Gasteiger charge is 2.57. The molecule has 0 bridgehead atoms. The van der Waals surface area contributed by atoms with Crippen molar-refractivity contribution in [3.63, 3.8) is 0 Å². The van der Waals surface area contributed by atoms with Crippen molar-refractivity contribution in [2.45, 2.75) is 60.8 Å². The van der Waals surface area contributed by atoms with E-state index in [1.807, 2.05) is 47.1 Å². The van der Waals surface area contributed by atoms with Crippen LogP contribution in [-0.4, -0.2) is 114 Å². The fourth-order valence-corrected chi connectivity index (χ4v) is 6.21. The van der Waals surface area contributed by atoms with Crippen LogP contribution in [0.4, 0.5) is 13.2 Å². The quantitative estimate of drug-likeness (QED) is 0.282. The van der Waals surface area contributed by atoms with E-state index in [2.05, 4.69) is 15.4 Å². The summed E-state index contributed by atoms with van der Waals surface area (Å²) >= 11 is 0. The second kappa shape index (κ2) is 10.4. The first-order valence-electron chi connectivity index (χ1n) is 12.9. The maximum Gasteiger partial charge on any atom is 0.522 e. The van der Waals surface area contributed by atoms with Gasteiger partial charge in [0.05, 0.1) is 53.1 Å².